The number of hydroxylamine groups is 1. The Morgan fingerprint density at radius 1 is 1.55 bits per heavy atom. The molecule has 1 rings (SSSR count). The highest BCUT2D eigenvalue weighted by Gasteiger charge is 2.20. The van der Waals surface area contributed by atoms with Crippen molar-refractivity contribution >= 4 is 0 Å². The zero-order valence-electron chi connectivity index (χ0n) is 7.38. The van der Waals surface area contributed by atoms with Crippen molar-refractivity contribution < 1.29 is 5.21 Å². The molecule has 0 saturated carbocycles. The van der Waals surface area contributed by atoms with E-state index >= 15 is 0 Å². The molecule has 0 amide bonds. The fourth-order valence-corrected chi connectivity index (χ4v) is 1.58. The van der Waals surface area contributed by atoms with Crippen LogP contribution in [-0.2, 0) is 0 Å². The van der Waals surface area contributed by atoms with Gasteiger partial charge < -0.3 is 5.21 Å². The second-order valence-corrected chi connectivity index (χ2v) is 3.56. The summed E-state index contributed by atoms with van der Waals surface area (Å²) in [7, 11) is 0. The first-order valence-electron chi connectivity index (χ1n) is 4.37. The normalized spacial score (nSPS) is 27.8. The van der Waals surface area contributed by atoms with Crippen molar-refractivity contribution in [1.82, 2.24) is 10.4 Å². The number of nitrogens with one attached hydrogen (secondary N) is 1. The van der Waals surface area contributed by atoms with Crippen LogP contribution in [-0.4, -0.2) is 35.3 Å². The van der Waals surface area contributed by atoms with Gasteiger partial charge in [-0.3, -0.25) is 4.90 Å². The zero-order chi connectivity index (χ0) is 8.27. The van der Waals surface area contributed by atoms with Gasteiger partial charge in [-0.2, -0.15) is 0 Å². The highest BCUT2D eigenvalue weighted by atomic mass is 16.5. The second-order valence-electron chi connectivity index (χ2n) is 3.56. The first-order valence-corrected chi connectivity index (χ1v) is 4.37. The maximum atomic E-state index is 8.71. The van der Waals surface area contributed by atoms with Crippen molar-refractivity contribution in [3.05, 3.63) is 0 Å². The third kappa shape index (κ3) is 2.43. The van der Waals surface area contributed by atoms with Gasteiger partial charge in [-0.15, -0.1) is 0 Å². The lowest BCUT2D eigenvalue weighted by Crippen LogP contribution is -2.47. The van der Waals surface area contributed by atoms with Gasteiger partial charge in [0.25, 0.3) is 0 Å². The van der Waals surface area contributed by atoms with Crippen molar-refractivity contribution in [3.8, 4) is 0 Å². The molecule has 0 aromatic carbocycles. The van der Waals surface area contributed by atoms with Crippen molar-refractivity contribution in [2.75, 3.05) is 13.1 Å². The maximum absolute atomic E-state index is 8.71. The molecule has 11 heavy (non-hydrogen) atoms. The van der Waals surface area contributed by atoms with Gasteiger partial charge in [0.05, 0.1) is 0 Å². The van der Waals surface area contributed by atoms with Gasteiger partial charge in [0.1, 0.15) is 0 Å². The summed E-state index contributed by atoms with van der Waals surface area (Å²) in [6.07, 6.45) is 2.29. The summed E-state index contributed by atoms with van der Waals surface area (Å²) in [4.78, 5) is 2.39. The van der Waals surface area contributed by atoms with Gasteiger partial charge in [0.2, 0.25) is 0 Å². The lowest BCUT2D eigenvalue weighted by atomic mass is 10.1. The minimum absolute atomic E-state index is 0.283. The molecule has 1 fully saturated rings. The van der Waals surface area contributed by atoms with Crippen LogP contribution in [0.3, 0.4) is 0 Å². The van der Waals surface area contributed by atoms with E-state index in [9.17, 15) is 0 Å². The largest absolute Gasteiger partial charge is 0.316 e. The quantitative estimate of drug-likeness (QED) is 0.584. The molecule has 0 aromatic heterocycles. The van der Waals surface area contributed by atoms with E-state index in [-0.39, 0.29) is 6.04 Å². The van der Waals surface area contributed by atoms with Crippen LogP contribution in [0.15, 0.2) is 0 Å². The molecule has 3 heteroatoms. The third-order valence-corrected chi connectivity index (χ3v) is 2.37. The summed E-state index contributed by atoms with van der Waals surface area (Å²) in [5.74, 6) is 0. The van der Waals surface area contributed by atoms with Crippen molar-refractivity contribution in [2.24, 2.45) is 0 Å². The predicted octanol–water partition coefficient (Wildman–Crippen LogP) is 0.838. The standard InChI is InChI=1S/C8H18N2O/c1-7(2)10-5-3-4-8(6-10)9-11/h7-9,11H,3-6H2,1-2H3. The number of nitrogens with zero attached hydrogens (tertiary/aromatic N) is 1. The fourth-order valence-electron chi connectivity index (χ4n) is 1.58. The number of hydrogen-bond acceptors (Lipinski definition) is 3. The van der Waals surface area contributed by atoms with Gasteiger partial charge in [0.15, 0.2) is 0 Å². The van der Waals surface area contributed by atoms with Crippen LogP contribution in [0.25, 0.3) is 0 Å². The second kappa shape index (κ2) is 4.04. The van der Waals surface area contributed by atoms with Crippen LogP contribution >= 0.6 is 0 Å². The van der Waals surface area contributed by atoms with E-state index in [4.69, 9.17) is 5.21 Å². The number of rotatable bonds is 2. The average molecular weight is 158 g/mol. The highest BCUT2D eigenvalue weighted by Crippen LogP contribution is 2.11. The van der Waals surface area contributed by atoms with Gasteiger partial charge >= 0.3 is 0 Å². The Hall–Kier alpha value is -0.120. The summed E-state index contributed by atoms with van der Waals surface area (Å²) in [5, 5.41) is 8.71. The van der Waals surface area contributed by atoms with Crippen LogP contribution in [0.5, 0.6) is 0 Å². The Labute approximate surface area is 68.3 Å². The molecule has 1 aliphatic heterocycles. The SMILES string of the molecule is CC(C)N1CCCC(NO)C1. The lowest BCUT2D eigenvalue weighted by Gasteiger charge is -2.34. The Kier molecular flexibility index (Phi) is 3.30. The molecule has 1 atom stereocenters. The fraction of sp³-hybridized carbons (Fsp3) is 1.00. The van der Waals surface area contributed by atoms with E-state index in [0.717, 1.165) is 13.0 Å². The number of likely N-dealkylation sites (tertiary alicyclic amines) is 1. The molecule has 1 heterocycles. The van der Waals surface area contributed by atoms with E-state index < -0.39 is 0 Å². The van der Waals surface area contributed by atoms with Crippen molar-refractivity contribution in [2.45, 2.75) is 38.8 Å². The van der Waals surface area contributed by atoms with E-state index in [1.54, 1.807) is 0 Å². The van der Waals surface area contributed by atoms with Gasteiger partial charge in [-0.05, 0) is 33.2 Å². The molecule has 2 N–H and O–H groups in total. The van der Waals surface area contributed by atoms with E-state index in [2.05, 4.69) is 24.2 Å². The van der Waals surface area contributed by atoms with E-state index in [1.165, 1.54) is 13.0 Å². The minimum Gasteiger partial charge on any atom is -0.316 e. The summed E-state index contributed by atoms with van der Waals surface area (Å²) in [6.45, 7) is 6.55. The van der Waals surface area contributed by atoms with E-state index in [0.29, 0.717) is 6.04 Å². The molecule has 1 aliphatic rings. The monoisotopic (exact) mass is 158 g/mol. The number of piperidine rings is 1. The molecule has 0 bridgehead atoms. The van der Waals surface area contributed by atoms with Crippen LogP contribution < -0.4 is 5.48 Å². The van der Waals surface area contributed by atoms with E-state index in [1.807, 2.05) is 0 Å². The molecule has 0 radical (unpaired) electrons. The summed E-state index contributed by atoms with van der Waals surface area (Å²) < 4.78 is 0. The predicted molar refractivity (Wildman–Crippen MR) is 44.7 cm³/mol. The zero-order valence-corrected chi connectivity index (χ0v) is 7.38. The topological polar surface area (TPSA) is 35.5 Å². The molecule has 0 aliphatic carbocycles. The summed E-state index contributed by atoms with van der Waals surface area (Å²) in [6, 6.07) is 0.886. The molecular weight excluding hydrogens is 140 g/mol. The van der Waals surface area contributed by atoms with Gasteiger partial charge in [0, 0.05) is 18.6 Å². The average Bonchev–Trinajstić information content (AvgIpc) is 2.05. The third-order valence-electron chi connectivity index (χ3n) is 2.37. The minimum atomic E-state index is 0.283. The van der Waals surface area contributed by atoms with Crippen LogP contribution in [0.4, 0.5) is 0 Å². The van der Waals surface area contributed by atoms with Crippen LogP contribution in [0.1, 0.15) is 26.7 Å². The van der Waals surface area contributed by atoms with Crippen molar-refractivity contribution in [3.63, 3.8) is 0 Å². The first-order chi connectivity index (χ1) is 5.24. The Morgan fingerprint density at radius 2 is 2.27 bits per heavy atom. The molecular formula is C8H18N2O. The molecule has 3 nitrogen and oxygen atoms in total. The molecule has 66 valence electrons. The number of hydrogen-bond donors (Lipinski definition) is 2. The van der Waals surface area contributed by atoms with Crippen LogP contribution in [0, 0.1) is 0 Å². The molecule has 0 aromatic rings. The van der Waals surface area contributed by atoms with Gasteiger partial charge in [-0.1, -0.05) is 0 Å². The van der Waals surface area contributed by atoms with Crippen LogP contribution in [0.2, 0.25) is 0 Å². The Balaban J connectivity index is 2.33. The lowest BCUT2D eigenvalue weighted by molar-refractivity contribution is 0.0641. The highest BCUT2D eigenvalue weighted by molar-refractivity contribution is 4.77. The maximum Gasteiger partial charge on any atom is 0.0447 e. The van der Waals surface area contributed by atoms with Gasteiger partial charge in [-0.25, -0.2) is 5.48 Å². The summed E-state index contributed by atoms with van der Waals surface area (Å²) in [5.41, 5.74) is 2.35. The summed E-state index contributed by atoms with van der Waals surface area (Å²) >= 11 is 0. The molecule has 1 saturated heterocycles. The smallest absolute Gasteiger partial charge is 0.0447 e. The Morgan fingerprint density at radius 3 is 2.82 bits per heavy atom. The Bertz CT molecular complexity index is 117. The van der Waals surface area contributed by atoms with Crippen molar-refractivity contribution in [1.29, 1.82) is 0 Å². The first kappa shape index (κ1) is 8.97. The molecule has 1 unspecified atom stereocenters. The molecule has 0 spiro atoms.